The fourth-order valence-corrected chi connectivity index (χ4v) is 1.92. The van der Waals surface area contributed by atoms with Gasteiger partial charge in [-0.05, 0) is 26.8 Å². The number of carbonyl (C=O) groups excluding carboxylic acids is 1. The van der Waals surface area contributed by atoms with Crippen LogP contribution in [0, 0.1) is 0 Å². The maximum absolute atomic E-state index is 11.7. The van der Waals surface area contributed by atoms with Crippen molar-refractivity contribution < 1.29 is 9.90 Å². The Morgan fingerprint density at radius 3 is 2.61 bits per heavy atom. The van der Waals surface area contributed by atoms with Crippen LogP contribution in [-0.4, -0.2) is 30.6 Å². The fraction of sp³-hybridized carbons (Fsp3) is 0.500. The number of rotatable bonds is 6. The molecule has 0 bridgehead atoms. The number of nitrogens with zero attached hydrogens (tertiary/aromatic N) is 1. The SMILES string of the molecule is CCNC(=O)CN(CC)c1ccccc1[C@H](C)O. The van der Waals surface area contributed by atoms with Crippen LogP contribution in [0.5, 0.6) is 0 Å². The zero-order valence-electron chi connectivity index (χ0n) is 11.3. The molecule has 4 heteroatoms. The zero-order chi connectivity index (χ0) is 13.5. The number of benzene rings is 1. The van der Waals surface area contributed by atoms with Gasteiger partial charge in [0, 0.05) is 24.3 Å². The first-order chi connectivity index (χ1) is 8.60. The van der Waals surface area contributed by atoms with Crippen molar-refractivity contribution in [1.29, 1.82) is 0 Å². The summed E-state index contributed by atoms with van der Waals surface area (Å²) in [6.45, 7) is 7.30. The first-order valence-electron chi connectivity index (χ1n) is 6.38. The highest BCUT2D eigenvalue weighted by molar-refractivity contribution is 5.81. The summed E-state index contributed by atoms with van der Waals surface area (Å²) in [5.41, 5.74) is 1.77. The number of carbonyl (C=O) groups is 1. The quantitative estimate of drug-likeness (QED) is 0.808. The molecule has 0 radical (unpaired) electrons. The van der Waals surface area contributed by atoms with E-state index in [9.17, 15) is 9.90 Å². The topological polar surface area (TPSA) is 52.6 Å². The lowest BCUT2D eigenvalue weighted by Gasteiger charge is -2.26. The molecule has 0 aromatic heterocycles. The van der Waals surface area contributed by atoms with Crippen molar-refractivity contribution in [2.45, 2.75) is 26.9 Å². The van der Waals surface area contributed by atoms with Gasteiger partial charge in [-0.1, -0.05) is 18.2 Å². The third-order valence-electron chi connectivity index (χ3n) is 2.82. The molecule has 0 heterocycles. The number of aliphatic hydroxyl groups excluding tert-OH is 1. The molecular formula is C14H22N2O2. The predicted molar refractivity (Wildman–Crippen MR) is 73.6 cm³/mol. The first kappa shape index (κ1) is 14.5. The smallest absolute Gasteiger partial charge is 0.239 e. The van der Waals surface area contributed by atoms with Crippen LogP contribution < -0.4 is 10.2 Å². The molecule has 100 valence electrons. The van der Waals surface area contributed by atoms with E-state index in [1.54, 1.807) is 6.92 Å². The molecule has 0 aliphatic rings. The number of aliphatic hydroxyl groups is 1. The second-order valence-corrected chi connectivity index (χ2v) is 4.20. The lowest BCUT2D eigenvalue weighted by atomic mass is 10.1. The van der Waals surface area contributed by atoms with Crippen LogP contribution in [0.15, 0.2) is 24.3 Å². The van der Waals surface area contributed by atoms with Crippen LogP contribution in [0.4, 0.5) is 5.69 Å². The Morgan fingerprint density at radius 1 is 1.39 bits per heavy atom. The Kier molecular flexibility index (Phi) is 5.65. The van der Waals surface area contributed by atoms with Gasteiger partial charge in [-0.2, -0.15) is 0 Å². The van der Waals surface area contributed by atoms with Crippen LogP contribution in [0.25, 0.3) is 0 Å². The summed E-state index contributed by atoms with van der Waals surface area (Å²) in [5.74, 6) is -0.000235. The fourth-order valence-electron chi connectivity index (χ4n) is 1.92. The number of likely N-dealkylation sites (N-methyl/N-ethyl adjacent to an activating group) is 2. The van der Waals surface area contributed by atoms with E-state index in [0.717, 1.165) is 17.8 Å². The highest BCUT2D eigenvalue weighted by atomic mass is 16.3. The molecule has 1 aromatic rings. The maximum atomic E-state index is 11.7. The minimum atomic E-state index is -0.538. The van der Waals surface area contributed by atoms with Crippen molar-refractivity contribution in [3.05, 3.63) is 29.8 Å². The van der Waals surface area contributed by atoms with E-state index in [1.807, 2.05) is 43.0 Å². The molecule has 0 fully saturated rings. The van der Waals surface area contributed by atoms with Crippen molar-refractivity contribution in [2.24, 2.45) is 0 Å². The summed E-state index contributed by atoms with van der Waals surface area (Å²) < 4.78 is 0. The number of nitrogens with one attached hydrogen (secondary N) is 1. The molecule has 0 saturated heterocycles. The molecule has 0 unspecified atom stereocenters. The molecular weight excluding hydrogens is 228 g/mol. The van der Waals surface area contributed by atoms with Gasteiger partial charge < -0.3 is 15.3 Å². The number of anilines is 1. The van der Waals surface area contributed by atoms with Crippen molar-refractivity contribution in [2.75, 3.05) is 24.5 Å². The van der Waals surface area contributed by atoms with Gasteiger partial charge in [-0.3, -0.25) is 4.79 Å². The Labute approximate surface area is 109 Å². The number of hydrogen-bond donors (Lipinski definition) is 2. The molecule has 0 aliphatic carbocycles. The molecule has 1 atom stereocenters. The highest BCUT2D eigenvalue weighted by Crippen LogP contribution is 2.25. The van der Waals surface area contributed by atoms with Crippen LogP contribution in [0.3, 0.4) is 0 Å². The summed E-state index contributed by atoms with van der Waals surface area (Å²) in [4.78, 5) is 13.6. The van der Waals surface area contributed by atoms with Gasteiger partial charge >= 0.3 is 0 Å². The normalized spacial score (nSPS) is 12.0. The minimum Gasteiger partial charge on any atom is -0.389 e. The number of hydrogen-bond acceptors (Lipinski definition) is 3. The van der Waals surface area contributed by atoms with Gasteiger partial charge in [-0.15, -0.1) is 0 Å². The van der Waals surface area contributed by atoms with Crippen LogP contribution in [-0.2, 0) is 4.79 Å². The van der Waals surface area contributed by atoms with Crippen LogP contribution in [0.1, 0.15) is 32.4 Å². The lowest BCUT2D eigenvalue weighted by molar-refractivity contribution is -0.119. The molecule has 0 spiro atoms. The van der Waals surface area contributed by atoms with E-state index in [2.05, 4.69) is 5.32 Å². The second kappa shape index (κ2) is 7.01. The minimum absolute atomic E-state index is 0.000235. The van der Waals surface area contributed by atoms with Crippen molar-refractivity contribution in [1.82, 2.24) is 5.32 Å². The highest BCUT2D eigenvalue weighted by Gasteiger charge is 2.14. The van der Waals surface area contributed by atoms with Crippen molar-refractivity contribution >= 4 is 11.6 Å². The van der Waals surface area contributed by atoms with Gasteiger partial charge in [0.25, 0.3) is 0 Å². The summed E-state index contributed by atoms with van der Waals surface area (Å²) in [7, 11) is 0. The predicted octanol–water partition coefficient (Wildman–Crippen LogP) is 1.70. The summed E-state index contributed by atoms with van der Waals surface area (Å²) >= 11 is 0. The average Bonchev–Trinajstić information content (AvgIpc) is 2.36. The molecule has 0 saturated carbocycles. The Balaban J connectivity index is 2.91. The average molecular weight is 250 g/mol. The van der Waals surface area contributed by atoms with E-state index >= 15 is 0 Å². The maximum Gasteiger partial charge on any atom is 0.239 e. The van der Waals surface area contributed by atoms with Crippen LogP contribution in [0.2, 0.25) is 0 Å². The second-order valence-electron chi connectivity index (χ2n) is 4.20. The lowest BCUT2D eigenvalue weighted by Crippen LogP contribution is -2.37. The molecule has 0 aliphatic heterocycles. The van der Waals surface area contributed by atoms with E-state index in [0.29, 0.717) is 13.1 Å². The van der Waals surface area contributed by atoms with Gasteiger partial charge in [-0.25, -0.2) is 0 Å². The van der Waals surface area contributed by atoms with E-state index < -0.39 is 6.10 Å². The van der Waals surface area contributed by atoms with Crippen molar-refractivity contribution in [3.8, 4) is 0 Å². The molecule has 18 heavy (non-hydrogen) atoms. The van der Waals surface area contributed by atoms with Crippen molar-refractivity contribution in [3.63, 3.8) is 0 Å². The third-order valence-corrected chi connectivity index (χ3v) is 2.82. The van der Waals surface area contributed by atoms with Crippen LogP contribution >= 0.6 is 0 Å². The van der Waals surface area contributed by atoms with E-state index in [4.69, 9.17) is 0 Å². The molecule has 2 N–H and O–H groups in total. The van der Waals surface area contributed by atoms with E-state index in [1.165, 1.54) is 0 Å². The third kappa shape index (κ3) is 3.74. The standard InChI is InChI=1S/C14H22N2O2/c1-4-15-14(18)10-16(5-2)13-9-7-6-8-12(13)11(3)17/h6-9,11,17H,4-5,10H2,1-3H3,(H,15,18)/t11-/m0/s1. The largest absolute Gasteiger partial charge is 0.389 e. The van der Waals surface area contributed by atoms with E-state index in [-0.39, 0.29) is 5.91 Å². The Morgan fingerprint density at radius 2 is 2.06 bits per heavy atom. The number of amides is 1. The monoisotopic (exact) mass is 250 g/mol. The van der Waals surface area contributed by atoms with Gasteiger partial charge in [0.15, 0.2) is 0 Å². The summed E-state index contributed by atoms with van der Waals surface area (Å²) in [6, 6.07) is 7.64. The molecule has 4 nitrogen and oxygen atoms in total. The molecule has 1 aromatic carbocycles. The number of para-hydroxylation sites is 1. The Bertz CT molecular complexity index is 391. The van der Waals surface area contributed by atoms with Gasteiger partial charge in [0.05, 0.1) is 12.6 Å². The zero-order valence-corrected chi connectivity index (χ0v) is 11.3. The van der Waals surface area contributed by atoms with Gasteiger partial charge in [0.2, 0.25) is 5.91 Å². The first-order valence-corrected chi connectivity index (χ1v) is 6.38. The molecule has 1 amide bonds. The summed E-state index contributed by atoms with van der Waals surface area (Å²) in [5, 5.41) is 12.5. The summed E-state index contributed by atoms with van der Waals surface area (Å²) in [6.07, 6.45) is -0.538. The molecule has 1 rings (SSSR count). The Hall–Kier alpha value is -1.55. The van der Waals surface area contributed by atoms with Gasteiger partial charge in [0.1, 0.15) is 0 Å².